The van der Waals surface area contributed by atoms with Crippen molar-refractivity contribution in [3.63, 3.8) is 0 Å². The van der Waals surface area contributed by atoms with Gasteiger partial charge >= 0.3 is 0 Å². The van der Waals surface area contributed by atoms with Crippen LogP contribution in [0.3, 0.4) is 0 Å². The van der Waals surface area contributed by atoms with Crippen LogP contribution in [0.5, 0.6) is 0 Å². The molecule has 0 saturated heterocycles. The lowest BCUT2D eigenvalue weighted by Gasteiger charge is -2.20. The van der Waals surface area contributed by atoms with E-state index in [2.05, 4.69) is 15.5 Å². The van der Waals surface area contributed by atoms with E-state index in [0.717, 1.165) is 32.4 Å². The topological polar surface area (TPSA) is 101 Å². The second kappa shape index (κ2) is 11.6. The molecule has 0 saturated carbocycles. The molecule has 0 aliphatic rings. The standard InChI is InChI=1S/C13H32N4O2/c1-16(10-12(18)8-14)6-4-3-5-7-17(2)11-13(19)9-15/h12-13,18-19H,3-11,14-15H2,1-2H3/p+1. The molecule has 0 radical (unpaired) electrons. The van der Waals surface area contributed by atoms with E-state index >= 15 is 0 Å². The number of rotatable bonds is 12. The number of aliphatic hydroxyl groups excluding tert-OH is 2. The van der Waals surface area contributed by atoms with E-state index in [1.54, 1.807) is 0 Å². The zero-order chi connectivity index (χ0) is 14.7. The minimum atomic E-state index is -0.416. The fourth-order valence-corrected chi connectivity index (χ4v) is 2.01. The number of aliphatic hydroxyl groups is 2. The molecule has 0 spiro atoms. The summed E-state index contributed by atoms with van der Waals surface area (Å²) >= 11 is 0. The molecule has 0 fully saturated rings. The molecule has 0 amide bonds. The zero-order valence-electron chi connectivity index (χ0n) is 12.6. The maximum Gasteiger partial charge on any atom is 0.115 e. The van der Waals surface area contributed by atoms with Crippen LogP contribution < -0.4 is 11.5 Å². The molecular formula is C13H33N4O2+. The molecule has 0 aliphatic heterocycles. The summed E-state index contributed by atoms with van der Waals surface area (Å²) in [7, 11) is 4.04. The summed E-state index contributed by atoms with van der Waals surface area (Å²) in [5, 5.41) is 18.9. The molecule has 0 aliphatic carbocycles. The number of unbranched alkanes of at least 4 members (excludes halogenated alkanes) is 2. The van der Waals surface area contributed by atoms with Gasteiger partial charge in [0.05, 0.1) is 6.10 Å². The van der Waals surface area contributed by atoms with Crippen LogP contribution in [0.25, 0.3) is 0 Å². The van der Waals surface area contributed by atoms with Gasteiger partial charge in [0.25, 0.3) is 0 Å². The summed E-state index contributed by atoms with van der Waals surface area (Å²) in [5.74, 6) is 0. The second-order valence-corrected chi connectivity index (χ2v) is 5.42. The summed E-state index contributed by atoms with van der Waals surface area (Å²) < 4.78 is 0. The normalized spacial score (nSPS) is 15.2. The van der Waals surface area contributed by atoms with Gasteiger partial charge in [-0.15, -0.1) is 0 Å². The molecule has 7 N–H and O–H groups in total. The molecule has 2 atom stereocenters. The predicted octanol–water partition coefficient (Wildman–Crippen LogP) is -2.06. The maximum atomic E-state index is 9.47. The summed E-state index contributed by atoms with van der Waals surface area (Å²) in [6.07, 6.45) is 2.69. The largest absolute Gasteiger partial charge is 0.390 e. The van der Waals surface area contributed by atoms with Crippen LogP contribution in [0.2, 0.25) is 0 Å². The number of likely N-dealkylation sites (N-methyl/N-ethyl adjacent to an activating group) is 2. The van der Waals surface area contributed by atoms with E-state index < -0.39 is 6.10 Å². The molecule has 0 rings (SSSR count). The number of hydrogen-bond donors (Lipinski definition) is 4. The first kappa shape index (κ1) is 18.8. The summed E-state index contributed by atoms with van der Waals surface area (Å²) in [6, 6.07) is 0. The monoisotopic (exact) mass is 277 g/mol. The predicted molar refractivity (Wildman–Crippen MR) is 77.7 cm³/mol. The third-order valence-electron chi connectivity index (χ3n) is 3.23. The molecule has 0 aromatic heterocycles. The van der Waals surface area contributed by atoms with E-state index in [9.17, 15) is 10.2 Å². The van der Waals surface area contributed by atoms with Crippen molar-refractivity contribution in [3.05, 3.63) is 0 Å². The minimum Gasteiger partial charge on any atom is -0.390 e. The average molecular weight is 277 g/mol. The number of quaternary nitrogens is 1. The molecule has 6 nitrogen and oxygen atoms in total. The molecular weight excluding hydrogens is 244 g/mol. The highest BCUT2D eigenvalue weighted by Crippen LogP contribution is 2.00. The summed E-state index contributed by atoms with van der Waals surface area (Å²) in [5.41, 5.74) is 9.06. The third-order valence-corrected chi connectivity index (χ3v) is 3.23. The van der Waals surface area contributed by atoms with Crippen LogP contribution in [0.1, 0.15) is 19.3 Å². The first-order valence-corrected chi connectivity index (χ1v) is 7.22. The Hall–Kier alpha value is -0.240. The molecule has 0 bridgehead atoms. The fraction of sp³-hybridized carbons (Fsp3) is 1.00. The van der Waals surface area contributed by atoms with E-state index in [1.807, 2.05) is 14.1 Å². The smallest absolute Gasteiger partial charge is 0.115 e. The second-order valence-electron chi connectivity index (χ2n) is 5.42. The van der Waals surface area contributed by atoms with Gasteiger partial charge in [0, 0.05) is 19.6 Å². The van der Waals surface area contributed by atoms with Gasteiger partial charge in [0.15, 0.2) is 0 Å². The van der Waals surface area contributed by atoms with Crippen molar-refractivity contribution >= 4 is 0 Å². The van der Waals surface area contributed by atoms with Gasteiger partial charge in [0.1, 0.15) is 12.6 Å². The van der Waals surface area contributed by atoms with Crippen molar-refractivity contribution in [2.75, 3.05) is 53.4 Å². The molecule has 19 heavy (non-hydrogen) atoms. The van der Waals surface area contributed by atoms with Crippen molar-refractivity contribution < 1.29 is 15.9 Å². The van der Waals surface area contributed by atoms with Gasteiger partial charge in [-0.3, -0.25) is 0 Å². The molecule has 116 valence electrons. The van der Waals surface area contributed by atoms with Crippen LogP contribution >= 0.6 is 0 Å². The molecule has 6 heteroatoms. The average Bonchev–Trinajstić information content (AvgIpc) is 2.37. The Bertz CT molecular complexity index is 187. The number of nitrogens with zero attached hydrogens (tertiary/aromatic N) is 2. The first-order valence-electron chi connectivity index (χ1n) is 7.22. The minimum absolute atomic E-state index is 0.311. The van der Waals surface area contributed by atoms with Crippen LogP contribution in [-0.4, -0.2) is 85.6 Å². The molecule has 0 aromatic rings. The van der Waals surface area contributed by atoms with Crippen molar-refractivity contribution in [3.8, 4) is 0 Å². The highest BCUT2D eigenvalue weighted by molar-refractivity contribution is 4.63. The van der Waals surface area contributed by atoms with Gasteiger partial charge in [-0.1, -0.05) is 6.42 Å². The number of hydrogen-bond acceptors (Lipinski definition) is 5. The Balaban J connectivity index is 3.44. The van der Waals surface area contributed by atoms with E-state index in [1.165, 1.54) is 0 Å². The highest BCUT2D eigenvalue weighted by atomic mass is 16.3. The van der Waals surface area contributed by atoms with Crippen LogP contribution in [0.15, 0.2) is 0 Å². The Morgan fingerprint density at radius 3 is 1.84 bits per heavy atom. The Kier molecular flexibility index (Phi) is 11.4. The summed E-state index contributed by atoms with van der Waals surface area (Å²) in [4.78, 5) is 4.27. The Morgan fingerprint density at radius 2 is 1.42 bits per heavy atom. The van der Waals surface area contributed by atoms with Crippen molar-refractivity contribution in [1.82, 2.24) is 9.80 Å². The van der Waals surface area contributed by atoms with E-state index in [-0.39, 0.29) is 6.10 Å². The SMILES string of the molecule is CN(CCCCCN(C)CC(O)C[NH3+])CC(O)CN. The molecule has 0 aromatic carbocycles. The van der Waals surface area contributed by atoms with Gasteiger partial charge in [-0.05, 0) is 40.0 Å². The number of nitrogens with two attached hydrogens (primary N) is 1. The lowest BCUT2D eigenvalue weighted by Crippen LogP contribution is -2.57. The first-order chi connectivity index (χ1) is 8.99. The lowest BCUT2D eigenvalue weighted by molar-refractivity contribution is -0.384. The van der Waals surface area contributed by atoms with Crippen LogP contribution in [-0.2, 0) is 0 Å². The van der Waals surface area contributed by atoms with Gasteiger partial charge < -0.3 is 31.5 Å². The van der Waals surface area contributed by atoms with Gasteiger partial charge in [-0.2, -0.15) is 0 Å². The van der Waals surface area contributed by atoms with Gasteiger partial charge in [-0.25, -0.2) is 0 Å². The quantitative estimate of drug-likeness (QED) is 0.307. The lowest BCUT2D eigenvalue weighted by atomic mass is 10.2. The van der Waals surface area contributed by atoms with Crippen LogP contribution in [0.4, 0.5) is 0 Å². The van der Waals surface area contributed by atoms with E-state index in [4.69, 9.17) is 5.73 Å². The van der Waals surface area contributed by atoms with Crippen LogP contribution in [0, 0.1) is 0 Å². The highest BCUT2D eigenvalue weighted by Gasteiger charge is 2.08. The Morgan fingerprint density at radius 1 is 0.947 bits per heavy atom. The van der Waals surface area contributed by atoms with E-state index in [0.29, 0.717) is 26.2 Å². The van der Waals surface area contributed by atoms with Crippen molar-refractivity contribution in [1.29, 1.82) is 0 Å². The van der Waals surface area contributed by atoms with Crippen molar-refractivity contribution in [2.24, 2.45) is 5.73 Å². The third kappa shape index (κ3) is 11.3. The zero-order valence-corrected chi connectivity index (χ0v) is 12.6. The van der Waals surface area contributed by atoms with Crippen molar-refractivity contribution in [2.45, 2.75) is 31.5 Å². The summed E-state index contributed by atoms with van der Waals surface area (Å²) in [6.45, 7) is 4.23. The fourth-order valence-electron chi connectivity index (χ4n) is 2.01. The molecule has 0 heterocycles. The maximum absolute atomic E-state index is 9.47. The Labute approximate surface area is 117 Å². The molecule has 2 unspecified atom stereocenters. The van der Waals surface area contributed by atoms with Gasteiger partial charge in [0.2, 0.25) is 0 Å².